The highest BCUT2D eigenvalue weighted by molar-refractivity contribution is 5.84. The highest BCUT2D eigenvalue weighted by Gasteiger charge is 2.16. The van der Waals surface area contributed by atoms with E-state index in [4.69, 9.17) is 14.7 Å². The van der Waals surface area contributed by atoms with Crippen LogP contribution in [0.25, 0.3) is 22.4 Å². The predicted octanol–water partition coefficient (Wildman–Crippen LogP) is 4.92. The van der Waals surface area contributed by atoms with Gasteiger partial charge in [-0.3, -0.25) is 4.98 Å². The number of ether oxygens (including phenoxy) is 1. The van der Waals surface area contributed by atoms with Crippen LogP contribution in [0.2, 0.25) is 0 Å². The topological polar surface area (TPSA) is 89.8 Å². The van der Waals surface area contributed by atoms with Crippen molar-refractivity contribution in [1.82, 2.24) is 24.5 Å². The van der Waals surface area contributed by atoms with Gasteiger partial charge >= 0.3 is 0 Å². The molecular weight excluding hydrogens is 414 g/mol. The molecule has 3 heterocycles. The van der Waals surface area contributed by atoms with Gasteiger partial charge in [-0.2, -0.15) is 9.97 Å². The molecule has 0 saturated heterocycles. The summed E-state index contributed by atoms with van der Waals surface area (Å²) in [6, 6.07) is 14.7. The average Bonchev–Trinajstić information content (AvgIpc) is 3.27. The molecule has 0 aliphatic heterocycles. The lowest BCUT2D eigenvalue weighted by atomic mass is 10.1. The Hall–Kier alpha value is -3.52. The maximum atomic E-state index is 5.32. The third kappa shape index (κ3) is 5.28. The fraction of sp³-hybridized carbons (Fsp3) is 0.360. The lowest BCUT2D eigenvalue weighted by Crippen LogP contribution is -2.25. The van der Waals surface area contributed by atoms with Gasteiger partial charge in [-0.25, -0.2) is 4.98 Å². The van der Waals surface area contributed by atoms with Crippen molar-refractivity contribution in [3.63, 3.8) is 0 Å². The zero-order chi connectivity index (χ0) is 23.2. The first-order valence-electron chi connectivity index (χ1n) is 11.3. The zero-order valence-corrected chi connectivity index (χ0v) is 19.6. The number of methoxy groups -OCH3 is 1. The Balaban J connectivity index is 1.58. The van der Waals surface area contributed by atoms with Crippen molar-refractivity contribution in [2.24, 2.45) is 0 Å². The fourth-order valence-electron chi connectivity index (χ4n) is 3.64. The monoisotopic (exact) mass is 445 g/mol. The molecule has 1 unspecified atom stereocenters. The number of aromatic nitrogens is 5. The van der Waals surface area contributed by atoms with Crippen molar-refractivity contribution in [1.29, 1.82) is 0 Å². The van der Waals surface area contributed by atoms with E-state index in [-0.39, 0.29) is 12.1 Å². The van der Waals surface area contributed by atoms with Gasteiger partial charge in [-0.1, -0.05) is 37.3 Å². The highest BCUT2D eigenvalue weighted by Crippen LogP contribution is 2.25. The largest absolute Gasteiger partial charge is 0.383 e. The molecule has 8 heteroatoms. The molecule has 0 aliphatic carbocycles. The molecule has 3 aromatic heterocycles. The van der Waals surface area contributed by atoms with E-state index < -0.39 is 0 Å². The predicted molar refractivity (Wildman–Crippen MR) is 132 cm³/mol. The molecule has 8 nitrogen and oxygen atoms in total. The lowest BCUT2D eigenvalue weighted by molar-refractivity contribution is 0.184. The number of rotatable bonds is 10. The Morgan fingerprint density at radius 3 is 2.52 bits per heavy atom. The molecule has 4 rings (SSSR count). The average molecular weight is 446 g/mol. The number of hydrogen-bond acceptors (Lipinski definition) is 7. The standard InChI is InChI=1S/C25H31N7O/c1-5-20(15-33-4)29-25-30-23(22-24(31-25)32(16-28-22)17(2)3)27-14-18-9-11-19(12-10-18)21-8-6-7-13-26-21/h6-13,16-17,20H,5,14-15H2,1-4H3,(H2,27,29,30,31). The van der Waals surface area contributed by atoms with Gasteiger partial charge < -0.3 is 19.9 Å². The van der Waals surface area contributed by atoms with Crippen LogP contribution in [0.5, 0.6) is 0 Å². The molecule has 172 valence electrons. The van der Waals surface area contributed by atoms with E-state index in [1.807, 2.05) is 30.7 Å². The molecular formula is C25H31N7O. The summed E-state index contributed by atoms with van der Waals surface area (Å²) in [5, 5.41) is 6.87. The molecule has 0 saturated carbocycles. The summed E-state index contributed by atoms with van der Waals surface area (Å²) in [6.45, 7) is 7.56. The molecule has 0 radical (unpaired) electrons. The first kappa shape index (κ1) is 22.7. The molecule has 1 aromatic carbocycles. The maximum absolute atomic E-state index is 5.32. The van der Waals surface area contributed by atoms with E-state index in [9.17, 15) is 0 Å². The smallest absolute Gasteiger partial charge is 0.227 e. The van der Waals surface area contributed by atoms with Crippen LogP contribution >= 0.6 is 0 Å². The van der Waals surface area contributed by atoms with Crippen molar-refractivity contribution in [3.8, 4) is 11.3 Å². The van der Waals surface area contributed by atoms with Crippen molar-refractivity contribution >= 4 is 22.9 Å². The van der Waals surface area contributed by atoms with E-state index in [0.717, 1.165) is 34.4 Å². The number of hydrogen-bond donors (Lipinski definition) is 2. The summed E-state index contributed by atoms with van der Waals surface area (Å²) >= 11 is 0. The molecule has 1 atom stereocenters. The molecule has 4 aromatic rings. The van der Waals surface area contributed by atoms with E-state index in [0.29, 0.717) is 24.9 Å². The van der Waals surface area contributed by atoms with Gasteiger partial charge in [-0.15, -0.1) is 0 Å². The molecule has 33 heavy (non-hydrogen) atoms. The van der Waals surface area contributed by atoms with Crippen LogP contribution in [-0.4, -0.2) is 44.3 Å². The summed E-state index contributed by atoms with van der Waals surface area (Å²) in [6.07, 6.45) is 4.54. The van der Waals surface area contributed by atoms with Gasteiger partial charge in [-0.05, 0) is 38.0 Å². The lowest BCUT2D eigenvalue weighted by Gasteiger charge is -2.17. The Morgan fingerprint density at radius 2 is 1.85 bits per heavy atom. The molecule has 0 bridgehead atoms. The number of pyridine rings is 1. The highest BCUT2D eigenvalue weighted by atomic mass is 16.5. The van der Waals surface area contributed by atoms with Crippen LogP contribution in [0.1, 0.15) is 38.8 Å². The number of fused-ring (bicyclic) bond motifs is 1. The van der Waals surface area contributed by atoms with Crippen LogP contribution in [0, 0.1) is 0 Å². The third-order valence-corrected chi connectivity index (χ3v) is 5.55. The minimum Gasteiger partial charge on any atom is -0.383 e. The molecule has 0 fully saturated rings. The minimum atomic E-state index is 0.134. The van der Waals surface area contributed by atoms with E-state index in [2.05, 4.69) is 70.2 Å². The van der Waals surface area contributed by atoms with Crippen molar-refractivity contribution in [2.45, 2.75) is 45.8 Å². The van der Waals surface area contributed by atoms with Crippen molar-refractivity contribution in [3.05, 3.63) is 60.6 Å². The quantitative estimate of drug-likeness (QED) is 0.358. The van der Waals surface area contributed by atoms with Crippen LogP contribution in [0.3, 0.4) is 0 Å². The van der Waals surface area contributed by atoms with Crippen molar-refractivity contribution in [2.75, 3.05) is 24.4 Å². The molecule has 0 aliphatic rings. The second-order valence-corrected chi connectivity index (χ2v) is 8.28. The van der Waals surface area contributed by atoms with Crippen LogP contribution in [0.15, 0.2) is 55.0 Å². The first-order chi connectivity index (χ1) is 16.1. The van der Waals surface area contributed by atoms with Gasteiger partial charge in [0.15, 0.2) is 17.0 Å². The maximum Gasteiger partial charge on any atom is 0.227 e. The van der Waals surface area contributed by atoms with Gasteiger partial charge in [0.2, 0.25) is 5.95 Å². The van der Waals surface area contributed by atoms with Gasteiger partial charge in [0.05, 0.1) is 24.7 Å². The van der Waals surface area contributed by atoms with Crippen LogP contribution in [-0.2, 0) is 11.3 Å². The van der Waals surface area contributed by atoms with Crippen molar-refractivity contribution < 1.29 is 4.74 Å². The van der Waals surface area contributed by atoms with E-state index in [1.165, 1.54) is 0 Å². The summed E-state index contributed by atoms with van der Waals surface area (Å²) in [5.41, 5.74) is 4.77. The summed E-state index contributed by atoms with van der Waals surface area (Å²) in [4.78, 5) is 18.5. The summed E-state index contributed by atoms with van der Waals surface area (Å²) in [5.74, 6) is 1.28. The Morgan fingerprint density at radius 1 is 1.03 bits per heavy atom. The molecule has 0 spiro atoms. The zero-order valence-electron chi connectivity index (χ0n) is 19.6. The number of benzene rings is 1. The normalized spacial score (nSPS) is 12.3. The fourth-order valence-corrected chi connectivity index (χ4v) is 3.64. The van der Waals surface area contributed by atoms with Crippen LogP contribution in [0.4, 0.5) is 11.8 Å². The second-order valence-electron chi connectivity index (χ2n) is 8.28. The summed E-state index contributed by atoms with van der Waals surface area (Å²) < 4.78 is 7.38. The Kier molecular flexibility index (Phi) is 7.14. The van der Waals surface area contributed by atoms with E-state index >= 15 is 0 Å². The van der Waals surface area contributed by atoms with Crippen LogP contribution < -0.4 is 10.6 Å². The summed E-state index contributed by atoms with van der Waals surface area (Å²) in [7, 11) is 1.70. The molecule has 0 amide bonds. The SMILES string of the molecule is CCC(COC)Nc1nc(NCc2ccc(-c3ccccn3)cc2)c2ncn(C(C)C)c2n1. The minimum absolute atomic E-state index is 0.134. The number of nitrogens with zero attached hydrogens (tertiary/aromatic N) is 5. The third-order valence-electron chi connectivity index (χ3n) is 5.55. The molecule has 2 N–H and O–H groups in total. The first-order valence-corrected chi connectivity index (χ1v) is 11.3. The Labute approximate surface area is 194 Å². The second kappa shape index (κ2) is 10.4. The van der Waals surface area contributed by atoms with Gasteiger partial charge in [0.1, 0.15) is 0 Å². The number of nitrogens with one attached hydrogen (secondary N) is 2. The number of imidazole rings is 1. The van der Waals surface area contributed by atoms with Gasteiger partial charge in [0.25, 0.3) is 0 Å². The number of anilines is 2. The van der Waals surface area contributed by atoms with Gasteiger partial charge in [0, 0.05) is 31.5 Å². The van der Waals surface area contributed by atoms with E-state index in [1.54, 1.807) is 7.11 Å². The Bertz CT molecular complexity index is 1170.